The van der Waals surface area contributed by atoms with Crippen LogP contribution in [0.3, 0.4) is 0 Å². The topological polar surface area (TPSA) is 12.0 Å². The highest BCUT2D eigenvalue weighted by Gasteiger charge is 2.25. The van der Waals surface area contributed by atoms with Gasteiger partial charge < -0.3 is 5.32 Å². The first-order valence-electron chi connectivity index (χ1n) is 8.68. The summed E-state index contributed by atoms with van der Waals surface area (Å²) in [6, 6.07) is 8.39. The molecule has 116 valence electrons. The molecule has 21 heavy (non-hydrogen) atoms. The van der Waals surface area contributed by atoms with Gasteiger partial charge in [0.2, 0.25) is 0 Å². The minimum atomic E-state index is 0.481. The summed E-state index contributed by atoms with van der Waals surface area (Å²) in [7, 11) is 0. The molecular weight excluding hydrogens is 274 g/mol. The summed E-state index contributed by atoms with van der Waals surface area (Å²) in [6.07, 6.45) is 13.1. The zero-order chi connectivity index (χ0) is 14.7. The van der Waals surface area contributed by atoms with Gasteiger partial charge >= 0.3 is 0 Å². The Morgan fingerprint density at radius 2 is 1.81 bits per heavy atom. The average Bonchev–Trinajstić information content (AvgIpc) is 2.55. The van der Waals surface area contributed by atoms with Gasteiger partial charge in [0.1, 0.15) is 0 Å². The van der Waals surface area contributed by atoms with Crippen LogP contribution < -0.4 is 5.32 Å². The van der Waals surface area contributed by atoms with E-state index >= 15 is 0 Å². The van der Waals surface area contributed by atoms with E-state index in [0.29, 0.717) is 12.1 Å². The van der Waals surface area contributed by atoms with Crippen molar-refractivity contribution in [3.63, 3.8) is 0 Å². The van der Waals surface area contributed by atoms with Crippen LogP contribution in [0, 0.1) is 0 Å². The fraction of sp³-hybridized carbons (Fsp3) is 0.684. The second-order valence-electron chi connectivity index (χ2n) is 6.79. The summed E-state index contributed by atoms with van der Waals surface area (Å²) < 4.78 is 0. The van der Waals surface area contributed by atoms with E-state index < -0.39 is 0 Å². The summed E-state index contributed by atoms with van der Waals surface area (Å²) in [5, 5.41) is 4.73. The van der Waals surface area contributed by atoms with Crippen molar-refractivity contribution in [3.8, 4) is 0 Å². The van der Waals surface area contributed by atoms with Crippen LogP contribution in [0.5, 0.6) is 0 Å². The monoisotopic (exact) mass is 303 g/mol. The quantitative estimate of drug-likeness (QED) is 0.850. The third-order valence-electron chi connectivity index (χ3n) is 5.34. The lowest BCUT2D eigenvalue weighted by Gasteiger charge is -2.33. The van der Waals surface area contributed by atoms with E-state index in [-0.39, 0.29) is 0 Å². The van der Waals surface area contributed by atoms with Crippen LogP contribution in [0.2, 0.25) is 0 Å². The third-order valence-corrected chi connectivity index (χ3v) is 6.51. The van der Waals surface area contributed by atoms with Crippen molar-refractivity contribution >= 4 is 11.8 Å². The summed E-state index contributed by atoms with van der Waals surface area (Å²) in [6.45, 7) is 2.34. The molecule has 1 fully saturated rings. The van der Waals surface area contributed by atoms with Crippen LogP contribution in [0.4, 0.5) is 0 Å². The van der Waals surface area contributed by atoms with Crippen LogP contribution in [0.25, 0.3) is 0 Å². The SMILES string of the molecule is CSC1CCCCC1NC(C)c1ccc2c(c1)CCCC2. The highest BCUT2D eigenvalue weighted by atomic mass is 32.2. The lowest BCUT2D eigenvalue weighted by molar-refractivity contribution is 0.356. The molecule has 1 aromatic rings. The van der Waals surface area contributed by atoms with E-state index in [1.165, 1.54) is 56.9 Å². The largest absolute Gasteiger partial charge is 0.306 e. The van der Waals surface area contributed by atoms with Crippen molar-refractivity contribution in [2.75, 3.05) is 6.26 Å². The molecule has 0 spiro atoms. The second kappa shape index (κ2) is 7.19. The number of hydrogen-bond acceptors (Lipinski definition) is 2. The van der Waals surface area contributed by atoms with Crippen LogP contribution in [-0.4, -0.2) is 17.5 Å². The van der Waals surface area contributed by atoms with E-state index in [2.05, 4.69) is 48.5 Å². The number of fused-ring (bicyclic) bond motifs is 1. The molecule has 0 aliphatic heterocycles. The Hall–Kier alpha value is -0.470. The van der Waals surface area contributed by atoms with Gasteiger partial charge in [-0.25, -0.2) is 0 Å². The van der Waals surface area contributed by atoms with E-state index in [1.807, 2.05) is 0 Å². The minimum Gasteiger partial charge on any atom is -0.306 e. The van der Waals surface area contributed by atoms with Crippen molar-refractivity contribution in [3.05, 3.63) is 34.9 Å². The molecule has 0 amide bonds. The number of rotatable bonds is 4. The van der Waals surface area contributed by atoms with Crippen molar-refractivity contribution in [2.24, 2.45) is 0 Å². The third kappa shape index (κ3) is 3.65. The highest BCUT2D eigenvalue weighted by Crippen LogP contribution is 2.30. The van der Waals surface area contributed by atoms with Gasteiger partial charge in [-0.15, -0.1) is 0 Å². The predicted octanol–water partition coefficient (Wildman–Crippen LogP) is 4.89. The van der Waals surface area contributed by atoms with Gasteiger partial charge in [0.25, 0.3) is 0 Å². The van der Waals surface area contributed by atoms with Crippen molar-refractivity contribution in [1.82, 2.24) is 5.32 Å². The van der Waals surface area contributed by atoms with E-state index in [9.17, 15) is 0 Å². The molecule has 2 aliphatic carbocycles. The maximum atomic E-state index is 3.92. The van der Waals surface area contributed by atoms with Gasteiger partial charge in [-0.3, -0.25) is 0 Å². The Labute approximate surface area is 134 Å². The standard InChI is InChI=1S/C19H29NS/c1-14(20-18-9-5-6-10-19(18)21-2)16-12-11-15-7-3-4-8-17(15)13-16/h11-14,18-20H,3-10H2,1-2H3. The number of hydrogen-bond donors (Lipinski definition) is 1. The average molecular weight is 304 g/mol. The molecular formula is C19H29NS. The predicted molar refractivity (Wildman–Crippen MR) is 94.2 cm³/mol. The first-order valence-corrected chi connectivity index (χ1v) is 9.97. The number of nitrogens with one attached hydrogen (secondary N) is 1. The summed E-state index contributed by atoms with van der Waals surface area (Å²) in [5.41, 5.74) is 4.69. The minimum absolute atomic E-state index is 0.481. The van der Waals surface area contributed by atoms with Crippen LogP contribution in [0.15, 0.2) is 18.2 Å². The molecule has 0 bridgehead atoms. The molecule has 3 unspecified atom stereocenters. The van der Waals surface area contributed by atoms with Gasteiger partial charge in [-0.05, 0) is 68.4 Å². The maximum absolute atomic E-state index is 3.92. The molecule has 0 radical (unpaired) electrons. The fourth-order valence-corrected chi connectivity index (χ4v) is 4.96. The number of benzene rings is 1. The highest BCUT2D eigenvalue weighted by molar-refractivity contribution is 7.99. The van der Waals surface area contributed by atoms with Crippen molar-refractivity contribution in [2.45, 2.75) is 75.6 Å². The first kappa shape index (κ1) is 15.4. The zero-order valence-electron chi connectivity index (χ0n) is 13.5. The second-order valence-corrected chi connectivity index (χ2v) is 7.87. The summed E-state index contributed by atoms with van der Waals surface area (Å²) >= 11 is 2.05. The summed E-state index contributed by atoms with van der Waals surface area (Å²) in [5.74, 6) is 0. The fourth-order valence-electron chi connectivity index (χ4n) is 4.01. The molecule has 3 rings (SSSR count). The lowest BCUT2D eigenvalue weighted by Crippen LogP contribution is -2.41. The molecule has 1 N–H and O–H groups in total. The molecule has 2 aliphatic rings. The van der Waals surface area contributed by atoms with E-state index in [4.69, 9.17) is 0 Å². The van der Waals surface area contributed by atoms with Gasteiger partial charge in [0, 0.05) is 17.3 Å². The van der Waals surface area contributed by atoms with Crippen LogP contribution in [-0.2, 0) is 12.8 Å². The molecule has 0 aromatic heterocycles. The maximum Gasteiger partial charge on any atom is 0.0294 e. The Balaban J connectivity index is 1.68. The van der Waals surface area contributed by atoms with Crippen molar-refractivity contribution < 1.29 is 0 Å². The first-order chi connectivity index (χ1) is 10.3. The molecule has 2 heteroatoms. The smallest absolute Gasteiger partial charge is 0.0294 e. The lowest BCUT2D eigenvalue weighted by atomic mass is 9.88. The van der Waals surface area contributed by atoms with Gasteiger partial charge in [0.15, 0.2) is 0 Å². The van der Waals surface area contributed by atoms with Crippen LogP contribution >= 0.6 is 11.8 Å². The Morgan fingerprint density at radius 1 is 1.05 bits per heavy atom. The normalized spacial score (nSPS) is 27.1. The number of thioether (sulfide) groups is 1. The molecule has 1 nitrogen and oxygen atoms in total. The van der Waals surface area contributed by atoms with Gasteiger partial charge in [-0.1, -0.05) is 31.0 Å². The Kier molecular flexibility index (Phi) is 5.29. The Morgan fingerprint density at radius 3 is 2.62 bits per heavy atom. The molecule has 1 saturated carbocycles. The summed E-state index contributed by atoms with van der Waals surface area (Å²) in [4.78, 5) is 0. The van der Waals surface area contributed by atoms with Gasteiger partial charge in [0.05, 0.1) is 0 Å². The molecule has 0 saturated heterocycles. The molecule has 3 atom stereocenters. The van der Waals surface area contributed by atoms with Gasteiger partial charge in [-0.2, -0.15) is 11.8 Å². The number of aryl methyl sites for hydroxylation is 2. The zero-order valence-corrected chi connectivity index (χ0v) is 14.3. The molecule has 0 heterocycles. The van der Waals surface area contributed by atoms with Crippen LogP contribution in [0.1, 0.15) is 68.2 Å². The molecule has 1 aromatic carbocycles. The Bertz CT molecular complexity index is 471. The van der Waals surface area contributed by atoms with E-state index in [0.717, 1.165) is 5.25 Å². The van der Waals surface area contributed by atoms with Crippen molar-refractivity contribution in [1.29, 1.82) is 0 Å². The van der Waals surface area contributed by atoms with E-state index in [1.54, 1.807) is 11.1 Å².